The van der Waals surface area contributed by atoms with Crippen LogP contribution in [0.25, 0.3) is 0 Å². The molecule has 1 aromatic rings. The van der Waals surface area contributed by atoms with Crippen LogP contribution in [0.15, 0.2) is 24.8 Å². The molecule has 7 atom stereocenters. The van der Waals surface area contributed by atoms with E-state index in [1.807, 2.05) is 12.1 Å². The zero-order chi connectivity index (χ0) is 22.3. The highest BCUT2D eigenvalue weighted by molar-refractivity contribution is 5.62. The monoisotopic (exact) mass is 442 g/mol. The van der Waals surface area contributed by atoms with Gasteiger partial charge in [0.15, 0.2) is 11.5 Å². The first-order chi connectivity index (χ1) is 15.4. The topological polar surface area (TPSA) is 56.2 Å². The number of hydrogen-bond donors (Lipinski definition) is 2. The number of phenols is 1. The minimum atomic E-state index is -0.927. The van der Waals surface area contributed by atoms with Crippen molar-refractivity contribution in [1.29, 1.82) is 0 Å². The number of likely N-dealkylation sites (N-methyl/N-ethyl adjacent to an activating group) is 1. The van der Waals surface area contributed by atoms with Crippen molar-refractivity contribution in [3.8, 4) is 11.5 Å². The number of benzene rings is 1. The van der Waals surface area contributed by atoms with E-state index in [2.05, 4.69) is 23.4 Å². The van der Waals surface area contributed by atoms with Crippen LogP contribution in [0, 0.1) is 0 Å². The van der Waals surface area contributed by atoms with E-state index in [1.165, 1.54) is 5.56 Å². The summed E-state index contributed by atoms with van der Waals surface area (Å²) in [5.74, 6) is 0.714. The van der Waals surface area contributed by atoms with Crippen LogP contribution in [0.4, 0.5) is 4.39 Å². The summed E-state index contributed by atoms with van der Waals surface area (Å²) in [4.78, 5) is 4.59. The van der Waals surface area contributed by atoms with E-state index in [4.69, 9.17) is 4.74 Å². The first-order valence-electron chi connectivity index (χ1n) is 12.4. The summed E-state index contributed by atoms with van der Waals surface area (Å²) in [6, 6.07) is 3.66. The Morgan fingerprint density at radius 3 is 2.84 bits per heavy atom. The van der Waals surface area contributed by atoms with Crippen LogP contribution in [0.5, 0.6) is 11.5 Å². The van der Waals surface area contributed by atoms with Crippen molar-refractivity contribution in [1.82, 2.24) is 9.80 Å². The average molecular weight is 443 g/mol. The third kappa shape index (κ3) is 2.49. The van der Waals surface area contributed by atoms with Crippen molar-refractivity contribution in [2.75, 3.05) is 20.1 Å². The van der Waals surface area contributed by atoms with Gasteiger partial charge >= 0.3 is 0 Å². The van der Waals surface area contributed by atoms with Gasteiger partial charge in [-0.25, -0.2) is 4.39 Å². The summed E-state index contributed by atoms with van der Waals surface area (Å²) < 4.78 is 21.6. The van der Waals surface area contributed by atoms with Crippen molar-refractivity contribution in [2.24, 2.45) is 0 Å². The Labute approximate surface area is 189 Å². The molecule has 3 aliphatic carbocycles. The van der Waals surface area contributed by atoms with E-state index >= 15 is 0 Å². The molecular weight excluding hydrogens is 407 g/mol. The first-order valence-corrected chi connectivity index (χ1v) is 12.4. The van der Waals surface area contributed by atoms with Crippen LogP contribution in [0.2, 0.25) is 0 Å². The molecule has 2 aliphatic heterocycles. The minimum absolute atomic E-state index is 0.00166. The number of aromatic hydroxyl groups is 1. The number of likely N-dealkylation sites (tertiary alicyclic amines) is 1. The van der Waals surface area contributed by atoms with Crippen LogP contribution >= 0.6 is 0 Å². The van der Waals surface area contributed by atoms with E-state index in [1.54, 1.807) is 6.07 Å². The molecule has 2 N–H and O–H groups in total. The largest absolute Gasteiger partial charge is 0.504 e. The number of rotatable bonds is 4. The Morgan fingerprint density at radius 2 is 2.06 bits per heavy atom. The highest BCUT2D eigenvalue weighted by atomic mass is 19.1. The van der Waals surface area contributed by atoms with Crippen molar-refractivity contribution in [3.05, 3.63) is 35.9 Å². The fourth-order valence-corrected chi connectivity index (χ4v) is 8.18. The lowest BCUT2D eigenvalue weighted by atomic mass is 9.48. The maximum atomic E-state index is 15.0. The molecule has 2 saturated carbocycles. The molecule has 0 amide bonds. The Hall–Kier alpha value is -1.63. The van der Waals surface area contributed by atoms with Crippen LogP contribution in [-0.2, 0) is 11.8 Å². The Balaban J connectivity index is 1.47. The Morgan fingerprint density at radius 1 is 1.25 bits per heavy atom. The summed E-state index contributed by atoms with van der Waals surface area (Å²) in [5, 5.41) is 23.2. The van der Waals surface area contributed by atoms with Crippen molar-refractivity contribution in [2.45, 2.75) is 92.8 Å². The third-order valence-electron chi connectivity index (χ3n) is 9.60. The van der Waals surface area contributed by atoms with Gasteiger partial charge < -0.3 is 14.9 Å². The molecule has 5 nitrogen and oxygen atoms in total. The molecule has 1 spiro atoms. The number of hydrogen-bond acceptors (Lipinski definition) is 5. The van der Waals surface area contributed by atoms with E-state index in [-0.39, 0.29) is 30.0 Å². The molecule has 32 heavy (non-hydrogen) atoms. The second-order valence-corrected chi connectivity index (χ2v) is 10.8. The van der Waals surface area contributed by atoms with Crippen molar-refractivity contribution >= 4 is 0 Å². The number of halogens is 1. The van der Waals surface area contributed by atoms with Crippen LogP contribution < -0.4 is 4.74 Å². The van der Waals surface area contributed by atoms with Gasteiger partial charge in [-0.2, -0.15) is 0 Å². The van der Waals surface area contributed by atoms with E-state index in [9.17, 15) is 14.6 Å². The van der Waals surface area contributed by atoms with Gasteiger partial charge in [0, 0.05) is 30.2 Å². The van der Waals surface area contributed by atoms with Gasteiger partial charge in [-0.3, -0.25) is 9.80 Å². The van der Waals surface area contributed by atoms with Crippen LogP contribution in [-0.4, -0.2) is 76.2 Å². The Kier molecular flexibility index (Phi) is 4.70. The molecule has 0 radical (unpaired) electrons. The van der Waals surface area contributed by atoms with Gasteiger partial charge in [-0.1, -0.05) is 25.0 Å². The molecule has 6 rings (SSSR count). The molecule has 5 aliphatic rings. The standard InChI is InChI=1S/C26H35FN2O3/c1-3-13-29-14-12-25-22-16-8-9-20(30)23(22)32-24(25)19(10-11-26(25,31)21(29)15-16)28(2)18-7-5-4-6-17(18)27/h3,8-9,17-19,21,24,30-31H,1,4-7,10-15H2,2H3/t17?,18?,19-,21?,24?,25+,26-/m1/s1. The third-order valence-corrected chi connectivity index (χ3v) is 9.60. The molecule has 2 heterocycles. The fraction of sp³-hybridized carbons (Fsp3) is 0.692. The van der Waals surface area contributed by atoms with E-state index < -0.39 is 17.2 Å². The molecule has 4 unspecified atom stereocenters. The van der Waals surface area contributed by atoms with Crippen molar-refractivity contribution in [3.63, 3.8) is 0 Å². The van der Waals surface area contributed by atoms with Crippen LogP contribution in [0.3, 0.4) is 0 Å². The SMILES string of the molecule is C=CCN1CC[C@]23c4c5ccc(O)c4OC2[C@H](N(C)C2CCCCC2F)CC[C@@]3(O)C1C5. The van der Waals surface area contributed by atoms with Crippen molar-refractivity contribution < 1.29 is 19.3 Å². The second-order valence-electron chi connectivity index (χ2n) is 10.8. The van der Waals surface area contributed by atoms with Gasteiger partial charge in [0.2, 0.25) is 0 Å². The molecule has 1 saturated heterocycles. The molecule has 174 valence electrons. The zero-order valence-electron chi connectivity index (χ0n) is 19.0. The predicted octanol–water partition coefficient (Wildman–Crippen LogP) is 3.31. The summed E-state index contributed by atoms with van der Waals surface area (Å²) in [5.41, 5.74) is 0.713. The number of aliphatic hydroxyl groups is 1. The summed E-state index contributed by atoms with van der Waals surface area (Å²) in [7, 11) is 2.05. The van der Waals surface area contributed by atoms with Gasteiger partial charge in [0.25, 0.3) is 0 Å². The highest BCUT2D eigenvalue weighted by Gasteiger charge is 2.73. The first kappa shape index (κ1) is 20.9. The van der Waals surface area contributed by atoms with E-state index in [0.717, 1.165) is 57.2 Å². The quantitative estimate of drug-likeness (QED) is 0.701. The number of piperidine rings is 1. The van der Waals surface area contributed by atoms with Gasteiger partial charge in [-0.05, 0) is 63.7 Å². The fourth-order valence-electron chi connectivity index (χ4n) is 8.18. The average Bonchev–Trinajstić information content (AvgIpc) is 3.13. The number of ether oxygens (including phenoxy) is 1. The number of phenolic OH excluding ortho intramolecular Hbond substituents is 1. The molecule has 3 fully saturated rings. The van der Waals surface area contributed by atoms with Gasteiger partial charge in [0.1, 0.15) is 12.3 Å². The van der Waals surface area contributed by atoms with E-state index in [0.29, 0.717) is 18.6 Å². The second kappa shape index (κ2) is 7.18. The molecule has 1 aromatic carbocycles. The molecule has 6 heteroatoms. The van der Waals surface area contributed by atoms with Gasteiger partial charge in [0.05, 0.1) is 11.0 Å². The maximum Gasteiger partial charge on any atom is 0.165 e. The lowest BCUT2D eigenvalue weighted by molar-refractivity contribution is -0.200. The molecular formula is C26H35FN2O3. The predicted molar refractivity (Wildman–Crippen MR) is 121 cm³/mol. The lowest BCUT2D eigenvalue weighted by Gasteiger charge is -2.65. The number of nitrogens with zero attached hydrogens (tertiary/aromatic N) is 2. The summed E-state index contributed by atoms with van der Waals surface area (Å²) >= 11 is 0. The maximum absolute atomic E-state index is 15.0. The highest BCUT2D eigenvalue weighted by Crippen LogP contribution is 2.65. The normalized spacial score (nSPS) is 42.4. The lowest BCUT2D eigenvalue weighted by Crippen LogP contribution is -2.78. The Bertz CT molecular complexity index is 940. The van der Waals surface area contributed by atoms with Crippen LogP contribution in [0.1, 0.15) is 56.1 Å². The zero-order valence-corrected chi connectivity index (χ0v) is 19.0. The van der Waals surface area contributed by atoms with Gasteiger partial charge in [-0.15, -0.1) is 6.58 Å². The summed E-state index contributed by atoms with van der Waals surface area (Å²) in [6.45, 7) is 5.55. The molecule has 0 aromatic heterocycles. The number of alkyl halides is 1. The molecule has 2 bridgehead atoms. The summed E-state index contributed by atoms with van der Waals surface area (Å²) in [6.07, 6.45) is 7.31. The minimum Gasteiger partial charge on any atom is -0.504 e. The smallest absolute Gasteiger partial charge is 0.165 e.